The van der Waals surface area contributed by atoms with Crippen molar-refractivity contribution in [2.24, 2.45) is 11.7 Å². The first kappa shape index (κ1) is 44.7. The zero-order valence-corrected chi connectivity index (χ0v) is 33.6. The molecule has 1 aliphatic heterocycles. The first-order chi connectivity index (χ1) is 23.6. The zero-order valence-electron chi connectivity index (χ0n) is 31.2. The SMILES string of the molecule is COc1cc2cc(c1Cl)N(C)C(=O)CC(OC(=O)CN(C)C(=O)CC[C@@H](C)S(C)=S)C(C)(O)CC(C)C(O)CC(N)(O)C(OC)/C=C/C=C(\C)C2. The molecule has 0 radical (unpaired) electrons. The molecule has 0 saturated heterocycles. The maximum atomic E-state index is 13.9. The molecule has 1 aromatic carbocycles. The maximum absolute atomic E-state index is 13.9. The van der Waals surface area contributed by atoms with Gasteiger partial charge >= 0.3 is 5.97 Å². The molecule has 288 valence electrons. The van der Waals surface area contributed by atoms with Crippen molar-refractivity contribution >= 4 is 55.7 Å². The summed E-state index contributed by atoms with van der Waals surface area (Å²) >= 11 is 12.0. The van der Waals surface area contributed by atoms with Crippen molar-refractivity contribution in [3.63, 3.8) is 0 Å². The highest BCUT2D eigenvalue weighted by molar-refractivity contribution is 8.28. The number of rotatable bonds is 9. The van der Waals surface area contributed by atoms with Crippen LogP contribution in [0.5, 0.6) is 5.75 Å². The van der Waals surface area contributed by atoms with E-state index in [4.69, 9.17) is 42.7 Å². The third-order valence-electron chi connectivity index (χ3n) is 9.31. The number of carbonyl (C=O) groups is 3. The largest absolute Gasteiger partial charge is 0.495 e. The Morgan fingerprint density at radius 2 is 1.90 bits per heavy atom. The molecule has 1 aliphatic rings. The zero-order chi connectivity index (χ0) is 38.8. The number of halogens is 1. The summed E-state index contributed by atoms with van der Waals surface area (Å²) in [7, 11) is 5.58. The summed E-state index contributed by atoms with van der Waals surface area (Å²) in [5, 5.41) is 34.5. The monoisotopic (exact) mass is 773 g/mol. The van der Waals surface area contributed by atoms with Gasteiger partial charge in [0.25, 0.3) is 0 Å². The van der Waals surface area contributed by atoms with Crippen molar-refractivity contribution in [2.45, 2.75) is 101 Å². The molecule has 0 aromatic heterocycles. The first-order valence-corrected chi connectivity index (χ1v) is 19.8. The molecule has 1 aromatic rings. The summed E-state index contributed by atoms with van der Waals surface area (Å²) in [5.74, 6) is -2.00. The number of carbonyl (C=O) groups excluding carboxylic acids is 3. The fourth-order valence-corrected chi connectivity index (χ4v) is 6.89. The molecule has 12 nitrogen and oxygen atoms in total. The van der Waals surface area contributed by atoms with Crippen molar-refractivity contribution < 1.29 is 43.9 Å². The highest BCUT2D eigenvalue weighted by Gasteiger charge is 2.42. The van der Waals surface area contributed by atoms with Gasteiger partial charge in [-0.25, -0.2) is 0 Å². The van der Waals surface area contributed by atoms with Gasteiger partial charge in [0, 0.05) is 39.3 Å². The Kier molecular flexibility index (Phi) is 17.2. The summed E-state index contributed by atoms with van der Waals surface area (Å²) in [4.78, 5) is 42.5. The van der Waals surface area contributed by atoms with Crippen LogP contribution in [0.3, 0.4) is 0 Å². The predicted molar refractivity (Wildman–Crippen MR) is 204 cm³/mol. The van der Waals surface area contributed by atoms with Crippen LogP contribution < -0.4 is 15.4 Å². The Labute approximate surface area is 314 Å². The number of fused-ring (bicyclic) bond motifs is 2. The molecular weight excluding hydrogens is 718 g/mol. The van der Waals surface area contributed by atoms with Gasteiger partial charge in [0.05, 0.1) is 30.9 Å². The highest BCUT2D eigenvalue weighted by Crippen LogP contribution is 2.37. The van der Waals surface area contributed by atoms with Crippen molar-refractivity contribution in [3.8, 4) is 5.75 Å². The van der Waals surface area contributed by atoms with Crippen LogP contribution in [0.2, 0.25) is 5.02 Å². The minimum absolute atomic E-state index is 0.161. The van der Waals surface area contributed by atoms with Gasteiger partial charge in [0.1, 0.15) is 35.2 Å². The molecule has 0 spiro atoms. The number of likely N-dealkylation sites (N-methyl/N-ethyl adjacent to an activating group) is 1. The molecule has 1 heterocycles. The van der Waals surface area contributed by atoms with Gasteiger partial charge in [-0.3, -0.25) is 14.4 Å². The van der Waals surface area contributed by atoms with Gasteiger partial charge < -0.3 is 45.1 Å². The highest BCUT2D eigenvalue weighted by atomic mass is 35.5. The van der Waals surface area contributed by atoms with Crippen LogP contribution in [0.4, 0.5) is 5.69 Å². The minimum atomic E-state index is -1.99. The number of aliphatic hydroxyl groups is 3. The lowest BCUT2D eigenvalue weighted by molar-refractivity contribution is -0.171. The lowest BCUT2D eigenvalue weighted by Crippen LogP contribution is -2.54. The van der Waals surface area contributed by atoms with E-state index < -0.39 is 60.4 Å². The van der Waals surface area contributed by atoms with E-state index >= 15 is 0 Å². The Morgan fingerprint density at radius 3 is 2.49 bits per heavy atom. The molecular formula is C36H56ClN3O9S2. The van der Waals surface area contributed by atoms with Crippen molar-refractivity contribution in [1.82, 2.24) is 4.90 Å². The molecule has 7 unspecified atom stereocenters. The van der Waals surface area contributed by atoms with E-state index in [2.05, 4.69) is 0 Å². The molecule has 8 atom stereocenters. The summed E-state index contributed by atoms with van der Waals surface area (Å²) in [6.07, 6.45) is 3.68. The van der Waals surface area contributed by atoms with Crippen LogP contribution in [-0.4, -0.2) is 114 Å². The number of allylic oxidation sites excluding steroid dienone is 3. The normalized spacial score (nSPS) is 29.7. The number of esters is 1. The van der Waals surface area contributed by atoms with E-state index in [9.17, 15) is 29.7 Å². The number of amides is 2. The van der Waals surface area contributed by atoms with Crippen LogP contribution in [-0.2, 0) is 50.9 Å². The van der Waals surface area contributed by atoms with Crippen molar-refractivity contribution in [3.05, 3.63) is 46.5 Å². The molecule has 2 bridgehead atoms. The van der Waals surface area contributed by atoms with Gasteiger partial charge in [-0.05, 0) is 63.0 Å². The topological polar surface area (TPSA) is 172 Å². The van der Waals surface area contributed by atoms with Crippen LogP contribution in [0.25, 0.3) is 0 Å². The Morgan fingerprint density at radius 1 is 1.25 bits per heavy atom. The van der Waals surface area contributed by atoms with Crippen LogP contribution in [0.15, 0.2) is 35.9 Å². The van der Waals surface area contributed by atoms with Gasteiger partial charge in [0.2, 0.25) is 11.8 Å². The first-order valence-electron chi connectivity index (χ1n) is 16.8. The fraction of sp³-hybridized carbons (Fsp3) is 0.639. The molecule has 0 saturated carbocycles. The van der Waals surface area contributed by atoms with Crippen LogP contribution >= 0.6 is 11.6 Å². The third-order valence-corrected chi connectivity index (χ3v) is 12.0. The lowest BCUT2D eigenvalue weighted by atomic mass is 9.82. The Balaban J connectivity index is 2.55. The van der Waals surface area contributed by atoms with Gasteiger partial charge in [0.15, 0.2) is 0 Å². The maximum Gasteiger partial charge on any atom is 0.326 e. The minimum Gasteiger partial charge on any atom is -0.495 e. The summed E-state index contributed by atoms with van der Waals surface area (Å²) in [5.41, 5.74) is 4.42. The molecule has 51 heavy (non-hydrogen) atoms. The summed E-state index contributed by atoms with van der Waals surface area (Å²) in [6, 6.07) is 3.51. The second kappa shape index (κ2) is 19.6. The number of ether oxygens (including phenoxy) is 3. The summed E-state index contributed by atoms with van der Waals surface area (Å²) < 4.78 is 16.8. The van der Waals surface area contributed by atoms with E-state index in [1.807, 2.05) is 26.2 Å². The molecule has 2 amide bonds. The van der Waals surface area contributed by atoms with Gasteiger partial charge in [-0.1, -0.05) is 60.4 Å². The van der Waals surface area contributed by atoms with E-state index in [0.29, 0.717) is 24.3 Å². The number of anilines is 1. The molecule has 0 aliphatic carbocycles. The quantitative estimate of drug-likeness (QED) is 0.215. The predicted octanol–water partition coefficient (Wildman–Crippen LogP) is 3.20. The molecule has 0 fully saturated rings. The van der Waals surface area contributed by atoms with Crippen LogP contribution in [0.1, 0.15) is 65.4 Å². The lowest BCUT2D eigenvalue weighted by Gasteiger charge is -2.38. The number of methoxy groups -OCH3 is 2. The Bertz CT molecular complexity index is 1470. The number of hydrogen-bond donors (Lipinski definition) is 4. The average Bonchev–Trinajstić information content (AvgIpc) is 3.04. The second-order valence-corrected chi connectivity index (χ2v) is 17.7. The number of benzene rings is 1. The van der Waals surface area contributed by atoms with Gasteiger partial charge in [-0.15, -0.1) is 9.45 Å². The average molecular weight is 774 g/mol. The fourth-order valence-electron chi connectivity index (χ4n) is 5.84. The third kappa shape index (κ3) is 13.2. The van der Waals surface area contributed by atoms with Crippen molar-refractivity contribution in [2.75, 3.05) is 46.0 Å². The van der Waals surface area contributed by atoms with E-state index in [1.54, 1.807) is 31.2 Å². The smallest absolute Gasteiger partial charge is 0.326 e. The van der Waals surface area contributed by atoms with E-state index in [-0.39, 0.29) is 44.9 Å². The molecule has 15 heteroatoms. The standard InChI is InChI=1S/C36H56ClN3O9S2/c1-22-11-10-12-29(48-8)36(38,46)20-27(41)23(2)19-35(4,45)30(49-33(44)21-39(5)31(42)14-13-24(3)51(9)50)18-32(43)40(6)26-16-25(15-22)17-28(47-7)34(26)37/h10-12,16-17,23-24,27,29-30,41,45-46H,13-15,18-21,38H2,1-9H3/b12-10+,22-11+/t23?,24-,27?,29?,30?,35?,36?,51?/m1/s1. The van der Waals surface area contributed by atoms with E-state index in [1.165, 1.54) is 45.0 Å². The number of nitrogens with two attached hydrogens (primary N) is 1. The molecule has 2 rings (SSSR count). The Hall–Kier alpha value is -2.43. The second-order valence-electron chi connectivity index (χ2n) is 13.9. The molecule has 5 N–H and O–H groups in total. The number of aliphatic hydroxyl groups excluding tert-OH is 1. The number of nitrogens with zero attached hydrogens (tertiary/aromatic N) is 2. The van der Waals surface area contributed by atoms with Gasteiger partial charge in [-0.2, -0.15) is 0 Å². The van der Waals surface area contributed by atoms with Crippen LogP contribution in [0, 0.1) is 5.92 Å². The van der Waals surface area contributed by atoms with Crippen molar-refractivity contribution in [1.29, 1.82) is 0 Å². The van der Waals surface area contributed by atoms with E-state index in [0.717, 1.165) is 11.1 Å². The number of hydrogen-bond acceptors (Lipinski definition) is 11. The summed E-state index contributed by atoms with van der Waals surface area (Å²) in [6.45, 7) is 6.50.